The molecule has 3 aromatic rings. The molecule has 0 radical (unpaired) electrons. The highest BCUT2D eigenvalue weighted by Crippen LogP contribution is 2.38. The van der Waals surface area contributed by atoms with Crippen LogP contribution in [0.2, 0.25) is 5.02 Å². The van der Waals surface area contributed by atoms with Crippen molar-refractivity contribution in [3.05, 3.63) is 70.1 Å². The molecule has 1 fully saturated rings. The van der Waals surface area contributed by atoms with Crippen LogP contribution in [0.25, 0.3) is 11.4 Å². The van der Waals surface area contributed by atoms with Gasteiger partial charge in [0.25, 0.3) is 5.91 Å². The number of carbonyl (C=O) groups is 1. The van der Waals surface area contributed by atoms with E-state index < -0.39 is 41.0 Å². The summed E-state index contributed by atoms with van der Waals surface area (Å²) in [6, 6.07) is 6.61. The van der Waals surface area contributed by atoms with Gasteiger partial charge in [-0.1, -0.05) is 28.9 Å². The van der Waals surface area contributed by atoms with Gasteiger partial charge in [-0.3, -0.25) is 4.79 Å². The standard InChI is InChI=1S/C21H14ClF6N3O2/c22-15-4-1-3-11(9-15)17-29-18(33-30-17)16-5-2-6-31(16)19(32)12-7-13(20(23,24)25)10-14(8-12)21(26,27)28/h1,3-4,7-10,16H,2,5-6H2. The number of amides is 1. The van der Waals surface area contributed by atoms with Crippen LogP contribution in [-0.2, 0) is 12.4 Å². The molecule has 1 saturated heterocycles. The van der Waals surface area contributed by atoms with Gasteiger partial charge < -0.3 is 9.42 Å². The number of aromatic nitrogens is 2. The van der Waals surface area contributed by atoms with Crippen molar-refractivity contribution in [2.24, 2.45) is 0 Å². The highest BCUT2D eigenvalue weighted by molar-refractivity contribution is 6.30. The molecule has 0 saturated carbocycles. The minimum Gasteiger partial charge on any atom is -0.337 e. The summed E-state index contributed by atoms with van der Waals surface area (Å²) in [7, 11) is 0. The zero-order valence-corrected chi connectivity index (χ0v) is 17.3. The van der Waals surface area contributed by atoms with Crippen LogP contribution in [0.5, 0.6) is 0 Å². The first-order valence-corrected chi connectivity index (χ1v) is 10.0. The largest absolute Gasteiger partial charge is 0.416 e. The normalized spacial score (nSPS) is 16.9. The monoisotopic (exact) mass is 489 g/mol. The van der Waals surface area contributed by atoms with Gasteiger partial charge in [-0.15, -0.1) is 0 Å². The quantitative estimate of drug-likeness (QED) is 0.399. The number of halogens is 7. The number of rotatable bonds is 3. The number of carbonyl (C=O) groups excluding carboxylic acids is 1. The number of benzene rings is 2. The Morgan fingerprint density at radius 1 is 1.03 bits per heavy atom. The van der Waals surface area contributed by atoms with E-state index in [-0.39, 0.29) is 24.3 Å². The Labute approximate surface area is 187 Å². The third-order valence-corrected chi connectivity index (χ3v) is 5.39. The van der Waals surface area contributed by atoms with Crippen molar-refractivity contribution < 1.29 is 35.7 Å². The molecule has 5 nitrogen and oxygen atoms in total. The molecule has 2 aromatic carbocycles. The molecule has 0 aliphatic carbocycles. The summed E-state index contributed by atoms with van der Waals surface area (Å²) in [5.74, 6) is -0.777. The second-order valence-corrected chi connectivity index (χ2v) is 7.85. The maximum Gasteiger partial charge on any atom is 0.416 e. The lowest BCUT2D eigenvalue weighted by Crippen LogP contribution is -2.31. The Hall–Kier alpha value is -3.08. The topological polar surface area (TPSA) is 59.2 Å². The Morgan fingerprint density at radius 3 is 2.30 bits per heavy atom. The van der Waals surface area contributed by atoms with Gasteiger partial charge in [-0.25, -0.2) is 0 Å². The first kappa shape index (κ1) is 23.1. The summed E-state index contributed by atoms with van der Waals surface area (Å²) in [5.41, 5.74) is -3.30. The number of hydrogen-bond acceptors (Lipinski definition) is 4. The first-order chi connectivity index (χ1) is 15.4. The van der Waals surface area contributed by atoms with Crippen molar-refractivity contribution >= 4 is 17.5 Å². The molecule has 4 rings (SSSR count). The summed E-state index contributed by atoms with van der Waals surface area (Å²) in [4.78, 5) is 18.4. The fraction of sp³-hybridized carbons (Fsp3) is 0.286. The lowest BCUT2D eigenvalue weighted by Gasteiger charge is -2.23. The zero-order chi connectivity index (χ0) is 24.0. The van der Waals surface area contributed by atoms with E-state index in [0.29, 0.717) is 35.6 Å². The minimum atomic E-state index is -5.06. The number of alkyl halides is 6. The number of nitrogens with zero attached hydrogens (tertiary/aromatic N) is 3. The summed E-state index contributed by atoms with van der Waals surface area (Å²) in [6.45, 7) is 0.107. The van der Waals surface area contributed by atoms with E-state index in [1.54, 1.807) is 24.3 Å². The molecule has 1 atom stereocenters. The van der Waals surface area contributed by atoms with Crippen molar-refractivity contribution in [1.29, 1.82) is 0 Å². The van der Waals surface area contributed by atoms with Crippen LogP contribution >= 0.6 is 11.6 Å². The summed E-state index contributed by atoms with van der Waals surface area (Å²) in [5, 5.41) is 4.28. The fourth-order valence-corrected chi connectivity index (χ4v) is 3.82. The van der Waals surface area contributed by atoms with Crippen molar-refractivity contribution in [2.45, 2.75) is 31.2 Å². The minimum absolute atomic E-state index is 0.0203. The average Bonchev–Trinajstić information content (AvgIpc) is 3.41. The molecule has 2 heterocycles. The maximum atomic E-state index is 13.2. The molecule has 1 unspecified atom stereocenters. The van der Waals surface area contributed by atoms with Gasteiger partial charge in [0, 0.05) is 22.7 Å². The molecule has 12 heteroatoms. The third kappa shape index (κ3) is 4.82. The van der Waals surface area contributed by atoms with Crippen molar-refractivity contribution in [2.75, 3.05) is 6.54 Å². The molecule has 1 aromatic heterocycles. The Bertz CT molecular complexity index is 1160. The molecule has 33 heavy (non-hydrogen) atoms. The predicted octanol–water partition coefficient (Wildman–Crippen LogP) is 6.40. The second-order valence-electron chi connectivity index (χ2n) is 7.42. The van der Waals surface area contributed by atoms with Crippen LogP contribution in [0.3, 0.4) is 0 Å². The van der Waals surface area contributed by atoms with Crippen LogP contribution in [0.4, 0.5) is 26.3 Å². The van der Waals surface area contributed by atoms with Gasteiger partial charge in [-0.05, 0) is 43.2 Å². The highest BCUT2D eigenvalue weighted by atomic mass is 35.5. The van der Waals surface area contributed by atoms with E-state index in [4.69, 9.17) is 16.1 Å². The third-order valence-electron chi connectivity index (χ3n) is 5.16. The van der Waals surface area contributed by atoms with Gasteiger partial charge in [0.2, 0.25) is 11.7 Å². The van der Waals surface area contributed by atoms with Gasteiger partial charge in [0.1, 0.15) is 6.04 Å². The molecule has 174 valence electrons. The Morgan fingerprint density at radius 2 is 1.70 bits per heavy atom. The summed E-state index contributed by atoms with van der Waals surface area (Å²) < 4.78 is 84.3. The van der Waals surface area contributed by atoms with Crippen LogP contribution in [-0.4, -0.2) is 27.5 Å². The van der Waals surface area contributed by atoms with Gasteiger partial charge in [0.05, 0.1) is 11.1 Å². The zero-order valence-electron chi connectivity index (χ0n) is 16.5. The molecule has 1 aliphatic heterocycles. The maximum absolute atomic E-state index is 13.2. The molecular formula is C21H14ClF6N3O2. The molecule has 1 amide bonds. The average molecular weight is 490 g/mol. The highest BCUT2D eigenvalue weighted by Gasteiger charge is 2.40. The lowest BCUT2D eigenvalue weighted by atomic mass is 10.0. The SMILES string of the molecule is O=C(c1cc(C(F)(F)F)cc(C(F)(F)F)c1)N1CCCC1c1nc(-c2cccc(Cl)c2)no1. The summed E-state index contributed by atoms with van der Waals surface area (Å²) in [6.07, 6.45) is -9.30. The molecule has 0 spiro atoms. The van der Waals surface area contributed by atoms with E-state index in [1.807, 2.05) is 0 Å². The molecule has 0 N–H and O–H groups in total. The van der Waals surface area contributed by atoms with Crippen LogP contribution in [0, 0.1) is 0 Å². The van der Waals surface area contributed by atoms with Crippen molar-refractivity contribution in [3.8, 4) is 11.4 Å². The van der Waals surface area contributed by atoms with E-state index in [0.717, 1.165) is 4.90 Å². The predicted molar refractivity (Wildman–Crippen MR) is 104 cm³/mol. The van der Waals surface area contributed by atoms with Crippen LogP contribution in [0.1, 0.15) is 46.3 Å². The van der Waals surface area contributed by atoms with E-state index in [9.17, 15) is 31.1 Å². The van der Waals surface area contributed by atoms with E-state index in [1.165, 1.54) is 0 Å². The smallest absolute Gasteiger partial charge is 0.337 e. The van der Waals surface area contributed by atoms with Gasteiger partial charge in [0.15, 0.2) is 0 Å². The lowest BCUT2D eigenvalue weighted by molar-refractivity contribution is -0.143. The van der Waals surface area contributed by atoms with Gasteiger partial charge in [-0.2, -0.15) is 31.3 Å². The molecular weight excluding hydrogens is 476 g/mol. The van der Waals surface area contributed by atoms with Crippen molar-refractivity contribution in [3.63, 3.8) is 0 Å². The number of hydrogen-bond donors (Lipinski definition) is 0. The van der Waals surface area contributed by atoms with Gasteiger partial charge >= 0.3 is 12.4 Å². The second kappa shape index (κ2) is 8.36. The molecule has 0 bridgehead atoms. The van der Waals surface area contributed by atoms with Crippen LogP contribution in [0.15, 0.2) is 47.0 Å². The Balaban J connectivity index is 1.66. The Kier molecular flexibility index (Phi) is 5.85. The molecule has 1 aliphatic rings. The summed E-state index contributed by atoms with van der Waals surface area (Å²) >= 11 is 5.95. The fourth-order valence-electron chi connectivity index (χ4n) is 3.63. The van der Waals surface area contributed by atoms with E-state index in [2.05, 4.69) is 10.1 Å². The first-order valence-electron chi connectivity index (χ1n) is 9.63. The van der Waals surface area contributed by atoms with Crippen molar-refractivity contribution in [1.82, 2.24) is 15.0 Å². The van der Waals surface area contributed by atoms with E-state index >= 15 is 0 Å². The number of likely N-dealkylation sites (tertiary alicyclic amines) is 1. The van der Waals surface area contributed by atoms with Crippen LogP contribution < -0.4 is 0 Å².